The van der Waals surface area contributed by atoms with E-state index in [2.05, 4.69) is 0 Å². The largest absolute Gasteiger partial charge is 0.299 e. The van der Waals surface area contributed by atoms with Gasteiger partial charge < -0.3 is 0 Å². The zero-order valence-electron chi connectivity index (χ0n) is 9.69. The van der Waals surface area contributed by atoms with Gasteiger partial charge in [0.1, 0.15) is 5.78 Å². The molecule has 0 amide bonds. The van der Waals surface area contributed by atoms with Gasteiger partial charge in [0.25, 0.3) is 5.69 Å². The minimum absolute atomic E-state index is 0.0329. The number of nitrogens with zero attached hydrogens (tertiary/aromatic N) is 1. The Hall–Kier alpha value is -1.71. The number of carbonyl (C=O) groups excluding carboxylic acids is 1. The van der Waals surface area contributed by atoms with Gasteiger partial charge in [-0.25, -0.2) is 0 Å². The van der Waals surface area contributed by atoms with Crippen molar-refractivity contribution in [2.75, 3.05) is 0 Å². The van der Waals surface area contributed by atoms with Crippen LogP contribution in [0.4, 0.5) is 5.69 Å². The van der Waals surface area contributed by atoms with E-state index in [0.29, 0.717) is 12.0 Å². The fourth-order valence-corrected chi connectivity index (χ4v) is 1.83. The Bertz CT molecular complexity index is 426. The first-order valence-corrected chi connectivity index (χ1v) is 5.22. The van der Waals surface area contributed by atoms with Crippen LogP contribution in [0.1, 0.15) is 37.3 Å². The van der Waals surface area contributed by atoms with Gasteiger partial charge in [-0.1, -0.05) is 19.1 Å². The van der Waals surface area contributed by atoms with Gasteiger partial charge in [-0.15, -0.1) is 0 Å². The molecule has 0 saturated carbocycles. The van der Waals surface area contributed by atoms with Crippen molar-refractivity contribution in [1.29, 1.82) is 0 Å². The molecule has 0 aliphatic rings. The van der Waals surface area contributed by atoms with E-state index in [0.717, 1.165) is 5.56 Å². The summed E-state index contributed by atoms with van der Waals surface area (Å²) in [7, 11) is 0. The maximum Gasteiger partial charge on any atom is 0.273 e. The Morgan fingerprint density at radius 1 is 1.50 bits per heavy atom. The number of benzene rings is 1. The predicted molar refractivity (Wildman–Crippen MR) is 61.5 cm³/mol. The van der Waals surface area contributed by atoms with Crippen LogP contribution in [0.2, 0.25) is 0 Å². The highest BCUT2D eigenvalue weighted by Crippen LogP contribution is 2.30. The number of hydrogen-bond donors (Lipinski definition) is 0. The van der Waals surface area contributed by atoms with E-state index in [4.69, 9.17) is 0 Å². The quantitative estimate of drug-likeness (QED) is 0.580. The van der Waals surface area contributed by atoms with Crippen molar-refractivity contribution in [3.8, 4) is 0 Å². The van der Waals surface area contributed by atoms with Crippen molar-refractivity contribution in [3.05, 3.63) is 39.4 Å². The molecule has 0 heterocycles. The number of carbonyl (C=O) groups is 1. The maximum atomic E-state index is 11.4. The molecular weight excluding hydrogens is 206 g/mol. The summed E-state index contributed by atoms with van der Waals surface area (Å²) in [5, 5.41) is 10.9. The van der Waals surface area contributed by atoms with Gasteiger partial charge in [0.05, 0.1) is 4.92 Å². The van der Waals surface area contributed by atoms with Crippen LogP contribution in [0.25, 0.3) is 0 Å². The smallest absolute Gasteiger partial charge is 0.273 e. The summed E-state index contributed by atoms with van der Waals surface area (Å²) in [5.74, 6) is -0.407. The summed E-state index contributed by atoms with van der Waals surface area (Å²) in [5.41, 5.74) is 1.39. The summed E-state index contributed by atoms with van der Waals surface area (Å²) < 4.78 is 0. The lowest BCUT2D eigenvalue weighted by molar-refractivity contribution is -0.385. The monoisotopic (exact) mass is 221 g/mol. The van der Waals surface area contributed by atoms with Crippen LogP contribution in [-0.2, 0) is 4.79 Å². The van der Waals surface area contributed by atoms with E-state index >= 15 is 0 Å². The normalized spacial score (nSPS) is 12.2. The van der Waals surface area contributed by atoms with Crippen molar-refractivity contribution in [2.24, 2.45) is 0 Å². The van der Waals surface area contributed by atoms with Crippen LogP contribution in [0.15, 0.2) is 18.2 Å². The summed E-state index contributed by atoms with van der Waals surface area (Å²) in [6.45, 7) is 5.12. The molecule has 0 fully saturated rings. The third-order valence-corrected chi connectivity index (χ3v) is 2.66. The molecule has 16 heavy (non-hydrogen) atoms. The number of nitro groups is 1. The molecule has 1 aromatic carbocycles. The molecule has 0 bridgehead atoms. The lowest BCUT2D eigenvalue weighted by atomic mass is 9.91. The molecule has 1 rings (SSSR count). The predicted octanol–water partition coefficient (Wildman–Crippen LogP) is 2.99. The Labute approximate surface area is 94.4 Å². The topological polar surface area (TPSA) is 60.2 Å². The van der Waals surface area contributed by atoms with E-state index in [1.54, 1.807) is 19.1 Å². The molecule has 4 nitrogen and oxygen atoms in total. The average Bonchev–Trinajstić information content (AvgIpc) is 2.20. The molecule has 86 valence electrons. The molecule has 0 aliphatic carbocycles. The molecular formula is C12H15NO3. The number of rotatable bonds is 4. The minimum Gasteiger partial charge on any atom is -0.299 e. The third-order valence-electron chi connectivity index (χ3n) is 2.66. The van der Waals surface area contributed by atoms with Crippen LogP contribution in [0.3, 0.4) is 0 Å². The summed E-state index contributed by atoms with van der Waals surface area (Å²) in [4.78, 5) is 21.9. The van der Waals surface area contributed by atoms with Crippen LogP contribution in [0.5, 0.6) is 0 Å². The highest BCUT2D eigenvalue weighted by Gasteiger charge is 2.23. The number of aryl methyl sites for hydroxylation is 1. The van der Waals surface area contributed by atoms with Crippen molar-refractivity contribution in [2.45, 2.75) is 33.1 Å². The Kier molecular flexibility index (Phi) is 3.77. The third kappa shape index (κ3) is 2.45. The summed E-state index contributed by atoms with van der Waals surface area (Å²) in [6.07, 6.45) is 0.583. The maximum absolute atomic E-state index is 11.4. The van der Waals surface area contributed by atoms with E-state index in [9.17, 15) is 14.9 Å². The summed E-state index contributed by atoms with van der Waals surface area (Å²) in [6, 6.07) is 5.00. The Balaban J connectivity index is 3.31. The average molecular weight is 221 g/mol. The second-order valence-corrected chi connectivity index (χ2v) is 3.89. The molecule has 0 saturated heterocycles. The molecule has 4 heteroatoms. The lowest BCUT2D eigenvalue weighted by Gasteiger charge is -2.12. The van der Waals surface area contributed by atoms with Gasteiger partial charge in [0.15, 0.2) is 0 Å². The molecule has 0 radical (unpaired) electrons. The molecule has 0 spiro atoms. The number of Topliss-reactive ketones (excluding diaryl/α,β-unsaturated/α-hetero) is 1. The zero-order valence-corrected chi connectivity index (χ0v) is 9.69. The number of nitro benzene ring substituents is 1. The fraction of sp³-hybridized carbons (Fsp3) is 0.417. The first kappa shape index (κ1) is 12.4. The number of hydrogen-bond acceptors (Lipinski definition) is 3. The zero-order chi connectivity index (χ0) is 12.3. The van der Waals surface area contributed by atoms with Crippen LogP contribution in [0, 0.1) is 17.0 Å². The Morgan fingerprint density at radius 3 is 2.56 bits per heavy atom. The summed E-state index contributed by atoms with van der Waals surface area (Å²) >= 11 is 0. The second kappa shape index (κ2) is 4.88. The van der Waals surface area contributed by atoms with Gasteiger partial charge in [-0.2, -0.15) is 0 Å². The van der Waals surface area contributed by atoms with Gasteiger partial charge in [-0.05, 0) is 25.8 Å². The van der Waals surface area contributed by atoms with E-state index < -0.39 is 4.92 Å². The van der Waals surface area contributed by atoms with Crippen LogP contribution < -0.4 is 0 Å². The SMILES string of the molecule is CCC(C(C)=O)c1ccc(C)cc1[N+](=O)[O-]. The second-order valence-electron chi connectivity index (χ2n) is 3.89. The van der Waals surface area contributed by atoms with Crippen molar-refractivity contribution >= 4 is 11.5 Å². The van der Waals surface area contributed by atoms with E-state index in [-0.39, 0.29) is 17.4 Å². The van der Waals surface area contributed by atoms with Gasteiger partial charge in [-0.3, -0.25) is 14.9 Å². The lowest BCUT2D eigenvalue weighted by Crippen LogP contribution is -2.10. The fourth-order valence-electron chi connectivity index (χ4n) is 1.83. The first-order valence-electron chi connectivity index (χ1n) is 5.22. The Morgan fingerprint density at radius 2 is 2.12 bits per heavy atom. The van der Waals surface area contributed by atoms with E-state index in [1.807, 2.05) is 6.92 Å². The van der Waals surface area contributed by atoms with Crippen LogP contribution in [-0.4, -0.2) is 10.7 Å². The first-order chi connectivity index (χ1) is 7.47. The molecule has 0 aromatic heterocycles. The number of ketones is 1. The van der Waals surface area contributed by atoms with Gasteiger partial charge in [0.2, 0.25) is 0 Å². The molecule has 1 unspecified atom stereocenters. The standard InChI is InChI=1S/C12H15NO3/c1-4-10(9(3)14)11-6-5-8(2)7-12(11)13(15)16/h5-7,10H,4H2,1-3H3. The van der Waals surface area contributed by atoms with Crippen molar-refractivity contribution in [1.82, 2.24) is 0 Å². The van der Waals surface area contributed by atoms with Crippen molar-refractivity contribution in [3.63, 3.8) is 0 Å². The van der Waals surface area contributed by atoms with Gasteiger partial charge >= 0.3 is 0 Å². The van der Waals surface area contributed by atoms with Crippen molar-refractivity contribution < 1.29 is 9.72 Å². The van der Waals surface area contributed by atoms with Crippen LogP contribution >= 0.6 is 0 Å². The van der Waals surface area contributed by atoms with E-state index in [1.165, 1.54) is 13.0 Å². The molecule has 0 N–H and O–H groups in total. The highest BCUT2D eigenvalue weighted by molar-refractivity contribution is 5.84. The molecule has 1 aromatic rings. The minimum atomic E-state index is -0.423. The highest BCUT2D eigenvalue weighted by atomic mass is 16.6. The molecule has 1 atom stereocenters. The molecule has 0 aliphatic heterocycles. The van der Waals surface area contributed by atoms with Gasteiger partial charge in [0, 0.05) is 17.5 Å².